The van der Waals surface area contributed by atoms with Crippen molar-refractivity contribution in [2.75, 3.05) is 0 Å². The summed E-state index contributed by atoms with van der Waals surface area (Å²) < 4.78 is 1.95. The molecule has 0 saturated carbocycles. The van der Waals surface area contributed by atoms with Crippen LogP contribution in [0.4, 0.5) is 0 Å². The molecule has 0 amide bonds. The van der Waals surface area contributed by atoms with Crippen molar-refractivity contribution in [3.8, 4) is 5.82 Å². The van der Waals surface area contributed by atoms with Gasteiger partial charge in [0.2, 0.25) is 0 Å². The van der Waals surface area contributed by atoms with Gasteiger partial charge < -0.3 is 10.9 Å². The first-order valence-electron chi connectivity index (χ1n) is 6.55. The number of nitrogens with zero attached hydrogens (tertiary/aromatic N) is 4. The van der Waals surface area contributed by atoms with Crippen molar-refractivity contribution in [2.24, 2.45) is 10.9 Å². The Kier molecular flexibility index (Phi) is 3.27. The lowest BCUT2D eigenvalue weighted by atomic mass is 10.2. The number of hydrogen-bond acceptors (Lipinski definition) is 4. The molecule has 0 unspecified atom stereocenters. The summed E-state index contributed by atoms with van der Waals surface area (Å²) in [4.78, 5) is 9.01. The van der Waals surface area contributed by atoms with Crippen LogP contribution in [0, 0.1) is 6.92 Å². The molecule has 0 radical (unpaired) electrons. The molecule has 3 aromatic rings. The van der Waals surface area contributed by atoms with Crippen LogP contribution in [-0.2, 0) is 6.42 Å². The number of amidine groups is 1. The van der Waals surface area contributed by atoms with E-state index in [2.05, 4.69) is 15.1 Å². The fourth-order valence-corrected chi connectivity index (χ4v) is 2.34. The number of oxime groups is 1. The zero-order valence-corrected chi connectivity index (χ0v) is 11.6. The lowest BCUT2D eigenvalue weighted by Gasteiger charge is -2.10. The van der Waals surface area contributed by atoms with Crippen LogP contribution in [0.2, 0.25) is 0 Å². The zero-order valence-electron chi connectivity index (χ0n) is 11.6. The van der Waals surface area contributed by atoms with Crippen LogP contribution >= 0.6 is 0 Å². The Bertz CT molecular complexity index is 822. The topological polar surface area (TPSA) is 89.3 Å². The number of fused-ring (bicyclic) bond motifs is 1. The minimum Gasteiger partial charge on any atom is -0.409 e. The van der Waals surface area contributed by atoms with Gasteiger partial charge in [0.05, 0.1) is 17.5 Å². The molecule has 2 aromatic heterocycles. The van der Waals surface area contributed by atoms with E-state index < -0.39 is 0 Å². The number of aryl methyl sites for hydroxylation is 1. The van der Waals surface area contributed by atoms with E-state index in [0.29, 0.717) is 5.82 Å². The van der Waals surface area contributed by atoms with Crippen LogP contribution in [-0.4, -0.2) is 25.6 Å². The molecule has 3 N–H and O–H groups in total. The number of rotatable bonds is 3. The molecule has 0 aliphatic rings. The molecule has 6 nitrogen and oxygen atoms in total. The molecule has 0 saturated heterocycles. The Balaban J connectivity index is 2.28. The van der Waals surface area contributed by atoms with Gasteiger partial charge in [-0.05, 0) is 30.7 Å². The summed E-state index contributed by atoms with van der Waals surface area (Å²) in [6.45, 7) is 1.99. The van der Waals surface area contributed by atoms with Crippen LogP contribution in [0.25, 0.3) is 16.9 Å². The lowest BCUT2D eigenvalue weighted by molar-refractivity contribution is 0.317. The van der Waals surface area contributed by atoms with E-state index in [4.69, 9.17) is 10.9 Å². The number of para-hydroxylation sites is 2. The quantitative estimate of drug-likeness (QED) is 0.332. The van der Waals surface area contributed by atoms with Crippen molar-refractivity contribution in [3.05, 3.63) is 54.0 Å². The Morgan fingerprint density at radius 3 is 2.86 bits per heavy atom. The molecule has 0 spiro atoms. The van der Waals surface area contributed by atoms with Gasteiger partial charge in [-0.25, -0.2) is 9.97 Å². The van der Waals surface area contributed by atoms with E-state index in [9.17, 15) is 0 Å². The molecule has 0 bridgehead atoms. The Labute approximate surface area is 121 Å². The van der Waals surface area contributed by atoms with E-state index in [1.807, 2.05) is 47.9 Å². The first kappa shape index (κ1) is 13.1. The van der Waals surface area contributed by atoms with Crippen LogP contribution in [0.15, 0.2) is 47.8 Å². The lowest BCUT2D eigenvalue weighted by Crippen LogP contribution is -2.18. The van der Waals surface area contributed by atoms with Gasteiger partial charge in [0, 0.05) is 6.20 Å². The number of benzene rings is 1. The van der Waals surface area contributed by atoms with Crippen molar-refractivity contribution in [3.63, 3.8) is 0 Å². The number of aromatic nitrogens is 3. The highest BCUT2D eigenvalue weighted by Crippen LogP contribution is 2.22. The highest BCUT2D eigenvalue weighted by atomic mass is 16.4. The van der Waals surface area contributed by atoms with Crippen molar-refractivity contribution in [1.29, 1.82) is 0 Å². The molecule has 0 fully saturated rings. The highest BCUT2D eigenvalue weighted by molar-refractivity contribution is 5.84. The second kappa shape index (κ2) is 5.24. The molecule has 0 aliphatic heterocycles. The molecule has 2 heterocycles. The summed E-state index contributed by atoms with van der Waals surface area (Å²) in [5.74, 6) is 1.60. The van der Waals surface area contributed by atoms with Gasteiger partial charge in [-0.2, -0.15) is 0 Å². The first-order valence-corrected chi connectivity index (χ1v) is 6.55. The Morgan fingerprint density at radius 2 is 2.10 bits per heavy atom. The average Bonchev–Trinajstić information content (AvgIpc) is 2.85. The van der Waals surface area contributed by atoms with Gasteiger partial charge in [0.1, 0.15) is 17.5 Å². The molecule has 0 atom stereocenters. The average molecular weight is 281 g/mol. The summed E-state index contributed by atoms with van der Waals surface area (Å²) in [5, 5.41) is 11.8. The van der Waals surface area contributed by atoms with Crippen LogP contribution in [0.3, 0.4) is 0 Å². The maximum Gasteiger partial charge on any atom is 0.146 e. The standard InChI is InChI=1S/C15H15N5O/c1-10-5-4-8-17-15(10)20-12-7-3-2-6-11(12)18-14(20)9-13(16)19-21/h2-8,21H,9H2,1H3,(H2,16,19). The van der Waals surface area contributed by atoms with Gasteiger partial charge >= 0.3 is 0 Å². The third kappa shape index (κ3) is 2.31. The first-order chi connectivity index (χ1) is 10.2. The largest absolute Gasteiger partial charge is 0.409 e. The van der Waals surface area contributed by atoms with E-state index in [1.54, 1.807) is 6.20 Å². The zero-order chi connectivity index (χ0) is 14.8. The molecule has 106 valence electrons. The predicted octanol–water partition coefficient (Wildman–Crippen LogP) is 2.02. The summed E-state index contributed by atoms with van der Waals surface area (Å²) in [5.41, 5.74) is 8.46. The van der Waals surface area contributed by atoms with Gasteiger partial charge in [-0.15, -0.1) is 0 Å². The third-order valence-corrected chi connectivity index (χ3v) is 3.29. The molecule has 1 aromatic carbocycles. The Hall–Kier alpha value is -2.89. The summed E-state index contributed by atoms with van der Waals surface area (Å²) in [6.07, 6.45) is 1.99. The smallest absolute Gasteiger partial charge is 0.146 e. The fourth-order valence-electron chi connectivity index (χ4n) is 2.34. The molecule has 21 heavy (non-hydrogen) atoms. The SMILES string of the molecule is Cc1cccnc1-n1c(CC(N)=NO)nc2ccccc21. The van der Waals surface area contributed by atoms with Crippen molar-refractivity contribution >= 4 is 16.9 Å². The minimum absolute atomic E-state index is 0.111. The van der Waals surface area contributed by atoms with Gasteiger partial charge in [0.15, 0.2) is 0 Å². The van der Waals surface area contributed by atoms with E-state index in [1.165, 1.54) is 0 Å². The maximum atomic E-state index is 8.80. The number of hydrogen-bond donors (Lipinski definition) is 2. The van der Waals surface area contributed by atoms with Crippen LogP contribution < -0.4 is 5.73 Å². The summed E-state index contributed by atoms with van der Waals surface area (Å²) >= 11 is 0. The minimum atomic E-state index is 0.111. The number of nitrogens with two attached hydrogens (primary N) is 1. The highest BCUT2D eigenvalue weighted by Gasteiger charge is 2.15. The van der Waals surface area contributed by atoms with Crippen LogP contribution in [0.1, 0.15) is 11.4 Å². The van der Waals surface area contributed by atoms with E-state index in [-0.39, 0.29) is 12.3 Å². The summed E-state index contributed by atoms with van der Waals surface area (Å²) in [7, 11) is 0. The predicted molar refractivity (Wildman–Crippen MR) is 80.7 cm³/mol. The monoisotopic (exact) mass is 281 g/mol. The van der Waals surface area contributed by atoms with Crippen molar-refractivity contribution < 1.29 is 5.21 Å². The number of imidazole rings is 1. The normalized spacial score (nSPS) is 12.0. The van der Waals surface area contributed by atoms with Gasteiger partial charge in [-0.1, -0.05) is 23.4 Å². The fraction of sp³-hybridized carbons (Fsp3) is 0.133. The maximum absolute atomic E-state index is 8.80. The summed E-state index contributed by atoms with van der Waals surface area (Å²) in [6, 6.07) is 11.7. The molecule has 3 rings (SSSR count). The van der Waals surface area contributed by atoms with Crippen LogP contribution in [0.5, 0.6) is 0 Å². The van der Waals surface area contributed by atoms with Crippen molar-refractivity contribution in [1.82, 2.24) is 14.5 Å². The number of pyridine rings is 1. The van der Waals surface area contributed by atoms with Gasteiger partial charge in [-0.3, -0.25) is 4.57 Å². The Morgan fingerprint density at radius 1 is 1.29 bits per heavy atom. The molecular formula is C15H15N5O. The molecule has 6 heteroatoms. The van der Waals surface area contributed by atoms with Crippen molar-refractivity contribution in [2.45, 2.75) is 13.3 Å². The van der Waals surface area contributed by atoms with E-state index in [0.717, 1.165) is 22.4 Å². The third-order valence-electron chi connectivity index (χ3n) is 3.29. The molecule has 0 aliphatic carbocycles. The second-order valence-corrected chi connectivity index (χ2v) is 4.76. The second-order valence-electron chi connectivity index (χ2n) is 4.76. The molecular weight excluding hydrogens is 266 g/mol. The van der Waals surface area contributed by atoms with E-state index >= 15 is 0 Å². The van der Waals surface area contributed by atoms with Gasteiger partial charge in [0.25, 0.3) is 0 Å².